The summed E-state index contributed by atoms with van der Waals surface area (Å²) in [6, 6.07) is 0. The molecular formula is C6H15ClN4O4. The van der Waals surface area contributed by atoms with Gasteiger partial charge in [-0.15, -0.1) is 17.5 Å². The molecule has 0 aliphatic rings. The Morgan fingerprint density at radius 1 is 1.27 bits per heavy atom. The predicted octanol–water partition coefficient (Wildman–Crippen LogP) is -3.26. The molecule has 8 N–H and O–H groups in total. The van der Waals surface area contributed by atoms with Gasteiger partial charge in [0.1, 0.15) is 18.3 Å². The van der Waals surface area contributed by atoms with Crippen molar-refractivity contribution in [2.75, 3.05) is 6.61 Å². The molecule has 0 spiro atoms. The Kier molecular flexibility index (Phi) is 9.22. The summed E-state index contributed by atoms with van der Waals surface area (Å²) < 4.78 is 0. The summed E-state index contributed by atoms with van der Waals surface area (Å²) in [6.07, 6.45) is -3.61. The first-order valence-electron chi connectivity index (χ1n) is 3.76. The second-order valence-corrected chi connectivity index (χ2v) is 2.52. The summed E-state index contributed by atoms with van der Waals surface area (Å²) in [7, 11) is 0. The Balaban J connectivity index is 0. The molecule has 0 saturated heterocycles. The predicted molar refractivity (Wildman–Crippen MR) is 56.7 cm³/mol. The highest BCUT2D eigenvalue weighted by atomic mass is 35.5. The van der Waals surface area contributed by atoms with Gasteiger partial charge in [-0.05, 0) is 0 Å². The number of nitrogens with zero attached hydrogens (tertiary/aromatic N) is 2. The van der Waals surface area contributed by atoms with E-state index in [0.29, 0.717) is 0 Å². The monoisotopic (exact) mass is 242 g/mol. The zero-order valence-electron chi connectivity index (χ0n) is 7.76. The molecule has 0 aromatic heterocycles. The number of aliphatic hydroxyl groups is 4. The third-order valence-electron chi connectivity index (χ3n) is 1.32. The molecule has 9 heteroatoms. The number of hydrogen-bond acceptors (Lipinski definition) is 6. The summed E-state index contributed by atoms with van der Waals surface area (Å²) in [6.45, 7) is -0.672. The maximum Gasteiger partial charge on any atom is 0.211 e. The SMILES string of the molecule is Cl.NC(N)=NN=CC(O)C(O)C(O)CO. The van der Waals surface area contributed by atoms with Gasteiger partial charge < -0.3 is 31.9 Å². The lowest BCUT2D eigenvalue weighted by Crippen LogP contribution is -2.40. The molecule has 0 fully saturated rings. The number of guanidine groups is 1. The maximum absolute atomic E-state index is 9.11. The maximum atomic E-state index is 9.11. The number of nitrogens with two attached hydrogens (primary N) is 2. The van der Waals surface area contributed by atoms with Crippen molar-refractivity contribution in [3.63, 3.8) is 0 Å². The average Bonchev–Trinajstić information content (AvgIpc) is 2.14. The van der Waals surface area contributed by atoms with E-state index in [1.807, 2.05) is 0 Å². The van der Waals surface area contributed by atoms with Gasteiger partial charge in [-0.2, -0.15) is 5.10 Å². The lowest BCUT2D eigenvalue weighted by molar-refractivity contribution is -0.0541. The van der Waals surface area contributed by atoms with E-state index in [0.717, 1.165) is 6.21 Å². The van der Waals surface area contributed by atoms with Crippen molar-refractivity contribution in [3.05, 3.63) is 0 Å². The molecule has 0 saturated carbocycles. The van der Waals surface area contributed by atoms with E-state index in [1.54, 1.807) is 0 Å². The lowest BCUT2D eigenvalue weighted by Gasteiger charge is -2.17. The molecule has 0 aromatic carbocycles. The Morgan fingerprint density at radius 2 is 1.80 bits per heavy atom. The molecule has 0 aromatic rings. The second-order valence-electron chi connectivity index (χ2n) is 2.52. The fourth-order valence-corrected chi connectivity index (χ4v) is 0.592. The molecule has 8 nitrogen and oxygen atoms in total. The molecule has 0 radical (unpaired) electrons. The van der Waals surface area contributed by atoms with Gasteiger partial charge in [0.05, 0.1) is 12.8 Å². The summed E-state index contributed by atoms with van der Waals surface area (Å²) >= 11 is 0. The van der Waals surface area contributed by atoms with Gasteiger partial charge in [-0.1, -0.05) is 0 Å². The van der Waals surface area contributed by atoms with Crippen LogP contribution >= 0.6 is 12.4 Å². The van der Waals surface area contributed by atoms with Crippen molar-refractivity contribution in [2.24, 2.45) is 21.7 Å². The fourth-order valence-electron chi connectivity index (χ4n) is 0.592. The Hall–Kier alpha value is -0.930. The molecule has 90 valence electrons. The van der Waals surface area contributed by atoms with E-state index in [1.165, 1.54) is 0 Å². The van der Waals surface area contributed by atoms with Gasteiger partial charge in [-0.3, -0.25) is 0 Å². The second kappa shape index (κ2) is 8.38. The van der Waals surface area contributed by atoms with Crippen LogP contribution in [0.3, 0.4) is 0 Å². The van der Waals surface area contributed by atoms with Crippen LogP contribution in [0, 0.1) is 0 Å². The highest BCUT2D eigenvalue weighted by Crippen LogP contribution is 1.97. The van der Waals surface area contributed by atoms with E-state index in [2.05, 4.69) is 10.2 Å². The Bertz CT molecular complexity index is 221. The average molecular weight is 243 g/mol. The van der Waals surface area contributed by atoms with E-state index >= 15 is 0 Å². The van der Waals surface area contributed by atoms with Crippen LogP contribution in [0.1, 0.15) is 0 Å². The molecule has 0 rings (SSSR count). The number of rotatable bonds is 5. The van der Waals surface area contributed by atoms with E-state index in [9.17, 15) is 0 Å². The minimum atomic E-state index is -1.54. The molecule has 0 amide bonds. The van der Waals surface area contributed by atoms with Crippen LogP contribution in [0.5, 0.6) is 0 Å². The lowest BCUT2D eigenvalue weighted by atomic mass is 10.1. The smallest absolute Gasteiger partial charge is 0.211 e. The van der Waals surface area contributed by atoms with E-state index < -0.39 is 24.9 Å². The van der Waals surface area contributed by atoms with Crippen molar-refractivity contribution >= 4 is 24.6 Å². The molecule has 3 atom stereocenters. The van der Waals surface area contributed by atoms with Gasteiger partial charge in [0.15, 0.2) is 0 Å². The summed E-state index contributed by atoms with van der Waals surface area (Å²) in [5.74, 6) is -0.300. The van der Waals surface area contributed by atoms with Crippen LogP contribution in [0.2, 0.25) is 0 Å². The molecule has 0 heterocycles. The normalized spacial score (nSPS) is 16.5. The molecule has 0 bridgehead atoms. The minimum absolute atomic E-state index is 0. The van der Waals surface area contributed by atoms with E-state index in [-0.39, 0.29) is 18.4 Å². The highest BCUT2D eigenvalue weighted by molar-refractivity contribution is 5.85. The van der Waals surface area contributed by atoms with Gasteiger partial charge in [0.2, 0.25) is 5.96 Å². The molecule has 15 heavy (non-hydrogen) atoms. The number of halogens is 1. The van der Waals surface area contributed by atoms with Crippen molar-refractivity contribution in [3.8, 4) is 0 Å². The first-order chi connectivity index (χ1) is 6.49. The Morgan fingerprint density at radius 3 is 2.20 bits per heavy atom. The largest absolute Gasteiger partial charge is 0.394 e. The number of hydrogen-bond donors (Lipinski definition) is 6. The van der Waals surface area contributed by atoms with Gasteiger partial charge in [-0.25, -0.2) is 0 Å². The first-order valence-corrected chi connectivity index (χ1v) is 3.76. The van der Waals surface area contributed by atoms with Crippen LogP contribution in [0.25, 0.3) is 0 Å². The number of aliphatic hydroxyl groups excluding tert-OH is 4. The van der Waals surface area contributed by atoms with Crippen LogP contribution in [-0.4, -0.2) is 57.5 Å². The summed E-state index contributed by atoms with van der Waals surface area (Å²) in [5, 5.41) is 41.9. The molecule has 0 aliphatic carbocycles. The van der Waals surface area contributed by atoms with Crippen LogP contribution < -0.4 is 11.5 Å². The summed E-state index contributed by atoms with van der Waals surface area (Å²) in [4.78, 5) is 0. The summed E-state index contributed by atoms with van der Waals surface area (Å²) in [5.41, 5.74) is 9.84. The first kappa shape index (κ1) is 16.5. The van der Waals surface area contributed by atoms with Crippen molar-refractivity contribution in [1.82, 2.24) is 0 Å². The third-order valence-corrected chi connectivity index (χ3v) is 1.32. The standard InChI is InChI=1S/C6H14N4O4.ClH/c7-6(8)10-9-1-3(12)5(14)4(13)2-11;/h1,3-5,11-14H,2H2,(H4,7,8,10);1H. The van der Waals surface area contributed by atoms with Crippen molar-refractivity contribution in [2.45, 2.75) is 18.3 Å². The van der Waals surface area contributed by atoms with Gasteiger partial charge >= 0.3 is 0 Å². The zero-order chi connectivity index (χ0) is 11.1. The highest BCUT2D eigenvalue weighted by Gasteiger charge is 2.22. The minimum Gasteiger partial charge on any atom is -0.394 e. The fraction of sp³-hybridized carbons (Fsp3) is 0.667. The third kappa shape index (κ3) is 7.05. The molecule has 3 unspecified atom stereocenters. The van der Waals surface area contributed by atoms with E-state index in [4.69, 9.17) is 31.9 Å². The topological polar surface area (TPSA) is 158 Å². The van der Waals surface area contributed by atoms with Crippen molar-refractivity contribution < 1.29 is 20.4 Å². The van der Waals surface area contributed by atoms with Crippen molar-refractivity contribution in [1.29, 1.82) is 0 Å². The Labute approximate surface area is 92.3 Å². The molecule has 0 aliphatic heterocycles. The van der Waals surface area contributed by atoms with Crippen LogP contribution in [0.15, 0.2) is 10.2 Å². The van der Waals surface area contributed by atoms with Crippen LogP contribution in [-0.2, 0) is 0 Å². The molecular weight excluding hydrogens is 228 g/mol. The van der Waals surface area contributed by atoms with Gasteiger partial charge in [0.25, 0.3) is 0 Å². The van der Waals surface area contributed by atoms with Gasteiger partial charge in [0, 0.05) is 0 Å². The quantitative estimate of drug-likeness (QED) is 0.169. The van der Waals surface area contributed by atoms with Crippen LogP contribution in [0.4, 0.5) is 0 Å². The zero-order valence-corrected chi connectivity index (χ0v) is 8.58.